The van der Waals surface area contributed by atoms with Crippen LogP contribution in [0.2, 0.25) is 0 Å². The molecule has 2 heterocycles. The first-order chi connectivity index (χ1) is 8.57. The van der Waals surface area contributed by atoms with E-state index in [4.69, 9.17) is 9.15 Å². The van der Waals surface area contributed by atoms with Gasteiger partial charge in [-0.05, 0) is 26.2 Å². The predicted molar refractivity (Wildman–Crippen MR) is 65.5 cm³/mol. The number of nitrogens with zero attached hydrogens (tertiary/aromatic N) is 1. The van der Waals surface area contributed by atoms with Crippen LogP contribution in [0.5, 0.6) is 0 Å². The first-order valence-corrected chi connectivity index (χ1v) is 7.70. The van der Waals surface area contributed by atoms with Gasteiger partial charge in [0.15, 0.2) is 6.39 Å². The fourth-order valence-electron chi connectivity index (χ4n) is 1.90. The number of rotatable bonds is 6. The second-order valence-electron chi connectivity index (χ2n) is 4.42. The largest absolute Gasteiger partial charge is 0.447 e. The normalized spacial score (nSPS) is 20.4. The summed E-state index contributed by atoms with van der Waals surface area (Å²) in [6.45, 7) is 2.68. The third-order valence-corrected chi connectivity index (χ3v) is 4.39. The lowest BCUT2D eigenvalue weighted by Gasteiger charge is -2.10. The van der Waals surface area contributed by atoms with Crippen LogP contribution in [0.25, 0.3) is 0 Å². The summed E-state index contributed by atoms with van der Waals surface area (Å²) < 4.78 is 36.5. The molecular weight excluding hydrogens is 256 g/mol. The molecule has 1 aliphatic rings. The van der Waals surface area contributed by atoms with Crippen molar-refractivity contribution in [3.8, 4) is 0 Å². The van der Waals surface area contributed by atoms with Crippen molar-refractivity contribution >= 4 is 10.0 Å². The summed E-state index contributed by atoms with van der Waals surface area (Å²) in [5.41, 5.74) is 0.705. The Kier molecular flexibility index (Phi) is 4.36. The Hall–Kier alpha value is -0.920. The van der Waals surface area contributed by atoms with E-state index in [9.17, 15) is 8.42 Å². The summed E-state index contributed by atoms with van der Waals surface area (Å²) in [7, 11) is -3.28. The average molecular weight is 274 g/mol. The zero-order valence-electron chi connectivity index (χ0n) is 10.4. The van der Waals surface area contributed by atoms with Crippen molar-refractivity contribution in [1.29, 1.82) is 0 Å². The van der Waals surface area contributed by atoms with Gasteiger partial charge in [-0.25, -0.2) is 18.1 Å². The van der Waals surface area contributed by atoms with Crippen molar-refractivity contribution in [3.05, 3.63) is 17.8 Å². The highest BCUT2D eigenvalue weighted by atomic mass is 32.2. The molecule has 1 aromatic rings. The molecule has 0 aliphatic carbocycles. The smallest absolute Gasteiger partial charge is 0.212 e. The molecule has 0 bridgehead atoms. The van der Waals surface area contributed by atoms with Crippen LogP contribution in [-0.4, -0.2) is 31.9 Å². The lowest BCUT2D eigenvalue weighted by Crippen LogP contribution is -2.27. The molecule has 7 heteroatoms. The Morgan fingerprint density at radius 1 is 1.56 bits per heavy atom. The summed E-state index contributed by atoms with van der Waals surface area (Å²) in [5.74, 6) is 0.640. The van der Waals surface area contributed by atoms with E-state index in [0.29, 0.717) is 17.9 Å². The molecule has 2 rings (SSSR count). The Bertz CT molecular complexity index is 477. The molecule has 1 fully saturated rings. The fourth-order valence-corrected chi connectivity index (χ4v) is 2.97. The van der Waals surface area contributed by atoms with Crippen molar-refractivity contribution in [2.75, 3.05) is 12.4 Å². The standard InChI is InChI=1S/C11H18N2O4S/c1-9-11(17-8-12-9)7-13-18(14,15)6-4-10-3-2-5-16-10/h8,10,13H,2-7H2,1H3. The van der Waals surface area contributed by atoms with Gasteiger partial charge in [-0.1, -0.05) is 0 Å². The third kappa shape index (κ3) is 3.79. The number of sulfonamides is 1. The summed E-state index contributed by atoms with van der Waals surface area (Å²) in [6, 6.07) is 0. The van der Waals surface area contributed by atoms with Gasteiger partial charge in [0.25, 0.3) is 0 Å². The maximum atomic E-state index is 11.8. The maximum absolute atomic E-state index is 11.8. The number of nitrogens with one attached hydrogen (secondary N) is 1. The Balaban J connectivity index is 1.78. The van der Waals surface area contributed by atoms with Gasteiger partial charge in [-0.3, -0.25) is 0 Å². The summed E-state index contributed by atoms with van der Waals surface area (Å²) in [6.07, 6.45) is 3.93. The van der Waals surface area contributed by atoms with Crippen LogP contribution in [0.1, 0.15) is 30.7 Å². The van der Waals surface area contributed by atoms with Crippen LogP contribution in [0.15, 0.2) is 10.8 Å². The van der Waals surface area contributed by atoms with Crippen LogP contribution in [0.3, 0.4) is 0 Å². The van der Waals surface area contributed by atoms with Gasteiger partial charge in [0.2, 0.25) is 10.0 Å². The van der Waals surface area contributed by atoms with E-state index < -0.39 is 10.0 Å². The van der Waals surface area contributed by atoms with Crippen molar-refractivity contribution in [2.45, 2.75) is 38.8 Å². The van der Waals surface area contributed by atoms with Gasteiger partial charge >= 0.3 is 0 Å². The quantitative estimate of drug-likeness (QED) is 0.836. The molecule has 0 radical (unpaired) electrons. The molecule has 1 N–H and O–H groups in total. The zero-order valence-corrected chi connectivity index (χ0v) is 11.2. The predicted octanol–water partition coefficient (Wildman–Crippen LogP) is 0.972. The lowest BCUT2D eigenvalue weighted by atomic mass is 10.2. The zero-order chi connectivity index (χ0) is 13.0. The lowest BCUT2D eigenvalue weighted by molar-refractivity contribution is 0.109. The van der Waals surface area contributed by atoms with E-state index >= 15 is 0 Å². The van der Waals surface area contributed by atoms with Crippen LogP contribution in [-0.2, 0) is 21.3 Å². The summed E-state index contributed by atoms with van der Waals surface area (Å²) >= 11 is 0. The first kappa shape index (κ1) is 13.5. The molecule has 1 saturated heterocycles. The number of oxazole rings is 1. The van der Waals surface area contributed by atoms with Crippen LogP contribution < -0.4 is 4.72 Å². The molecule has 0 saturated carbocycles. The van der Waals surface area contributed by atoms with E-state index in [1.807, 2.05) is 0 Å². The van der Waals surface area contributed by atoms with Crippen molar-refractivity contribution in [3.63, 3.8) is 0 Å². The van der Waals surface area contributed by atoms with E-state index in [1.165, 1.54) is 6.39 Å². The molecule has 1 aromatic heterocycles. The molecule has 18 heavy (non-hydrogen) atoms. The highest BCUT2D eigenvalue weighted by Gasteiger charge is 2.19. The van der Waals surface area contributed by atoms with E-state index in [1.54, 1.807) is 6.92 Å². The summed E-state index contributed by atoms with van der Waals surface area (Å²) in [5, 5.41) is 0. The van der Waals surface area contributed by atoms with Gasteiger partial charge in [0, 0.05) is 6.61 Å². The van der Waals surface area contributed by atoms with Crippen LogP contribution in [0.4, 0.5) is 0 Å². The average Bonchev–Trinajstić information content (AvgIpc) is 2.95. The second-order valence-corrected chi connectivity index (χ2v) is 6.35. The van der Waals surface area contributed by atoms with Crippen molar-refractivity contribution in [2.24, 2.45) is 0 Å². The Morgan fingerprint density at radius 2 is 2.39 bits per heavy atom. The van der Waals surface area contributed by atoms with Crippen molar-refractivity contribution in [1.82, 2.24) is 9.71 Å². The SMILES string of the molecule is Cc1ncoc1CNS(=O)(=O)CCC1CCCO1. The minimum absolute atomic E-state index is 0.0881. The molecule has 0 aromatic carbocycles. The number of hydrogen-bond donors (Lipinski definition) is 1. The third-order valence-electron chi connectivity index (χ3n) is 3.03. The maximum Gasteiger partial charge on any atom is 0.212 e. The molecule has 0 amide bonds. The molecule has 102 valence electrons. The van der Waals surface area contributed by atoms with E-state index in [0.717, 1.165) is 19.4 Å². The number of aromatic nitrogens is 1. The van der Waals surface area contributed by atoms with E-state index in [-0.39, 0.29) is 18.4 Å². The number of aryl methyl sites for hydroxylation is 1. The number of hydrogen-bond acceptors (Lipinski definition) is 5. The van der Waals surface area contributed by atoms with Gasteiger partial charge in [-0.15, -0.1) is 0 Å². The van der Waals surface area contributed by atoms with Gasteiger partial charge < -0.3 is 9.15 Å². The Labute approximate surface area is 107 Å². The minimum atomic E-state index is -3.28. The summed E-state index contributed by atoms with van der Waals surface area (Å²) in [4.78, 5) is 3.90. The van der Waals surface area contributed by atoms with E-state index in [2.05, 4.69) is 9.71 Å². The highest BCUT2D eigenvalue weighted by Crippen LogP contribution is 2.15. The first-order valence-electron chi connectivity index (χ1n) is 6.05. The van der Waals surface area contributed by atoms with Crippen molar-refractivity contribution < 1.29 is 17.6 Å². The van der Waals surface area contributed by atoms with Gasteiger partial charge in [0.1, 0.15) is 5.76 Å². The monoisotopic (exact) mass is 274 g/mol. The van der Waals surface area contributed by atoms with Crippen LogP contribution in [0, 0.1) is 6.92 Å². The van der Waals surface area contributed by atoms with Gasteiger partial charge in [-0.2, -0.15) is 0 Å². The molecule has 0 spiro atoms. The fraction of sp³-hybridized carbons (Fsp3) is 0.727. The second kappa shape index (κ2) is 5.81. The molecule has 1 unspecified atom stereocenters. The Morgan fingerprint density at radius 3 is 3.00 bits per heavy atom. The molecule has 6 nitrogen and oxygen atoms in total. The molecular formula is C11H18N2O4S. The highest BCUT2D eigenvalue weighted by molar-refractivity contribution is 7.89. The van der Waals surface area contributed by atoms with Gasteiger partial charge in [0.05, 0.1) is 24.1 Å². The number of ether oxygens (including phenoxy) is 1. The molecule has 1 aliphatic heterocycles. The van der Waals surface area contributed by atoms with Crippen LogP contribution >= 0.6 is 0 Å². The minimum Gasteiger partial charge on any atom is -0.447 e. The molecule has 1 atom stereocenters. The topological polar surface area (TPSA) is 81.4 Å².